The topological polar surface area (TPSA) is 45.1 Å². The summed E-state index contributed by atoms with van der Waals surface area (Å²) < 4.78 is 1.24. The molecule has 0 spiro atoms. The van der Waals surface area contributed by atoms with Crippen LogP contribution in [0.5, 0.6) is 0 Å². The minimum Gasteiger partial charge on any atom is -0.396 e. The predicted molar refractivity (Wildman–Crippen MR) is 72.2 cm³/mol. The second kappa shape index (κ2) is 6.10. The third kappa shape index (κ3) is 3.49. The van der Waals surface area contributed by atoms with Gasteiger partial charge in [0.15, 0.2) is 0 Å². The summed E-state index contributed by atoms with van der Waals surface area (Å²) in [7, 11) is 0. The van der Waals surface area contributed by atoms with Crippen molar-refractivity contribution in [3.8, 4) is 0 Å². The number of thiazole rings is 1. The van der Waals surface area contributed by atoms with E-state index in [0.717, 1.165) is 30.0 Å². The van der Waals surface area contributed by atoms with Crippen LogP contribution in [0.4, 0.5) is 0 Å². The van der Waals surface area contributed by atoms with Crippen molar-refractivity contribution in [1.29, 1.82) is 0 Å². The number of aromatic nitrogens is 1. The zero-order valence-electron chi connectivity index (χ0n) is 10.0. The van der Waals surface area contributed by atoms with E-state index in [2.05, 4.69) is 23.3 Å². The molecule has 3 nitrogen and oxygen atoms in total. The maximum Gasteiger partial charge on any atom is 0.108 e. The van der Waals surface area contributed by atoms with Crippen molar-refractivity contribution in [2.45, 2.75) is 19.9 Å². The first kappa shape index (κ1) is 12.5. The van der Waals surface area contributed by atoms with E-state index in [9.17, 15) is 0 Å². The molecule has 4 heteroatoms. The molecule has 1 aromatic carbocycles. The molecule has 92 valence electrons. The summed E-state index contributed by atoms with van der Waals surface area (Å²) in [5.74, 6) is 0.509. The molecule has 2 rings (SSSR count). The molecular weight excluding hydrogens is 232 g/mol. The molecule has 0 aliphatic carbocycles. The fourth-order valence-corrected chi connectivity index (χ4v) is 2.68. The Morgan fingerprint density at radius 2 is 2.24 bits per heavy atom. The number of aliphatic hydroxyl groups excluding tert-OH is 1. The quantitative estimate of drug-likeness (QED) is 0.827. The van der Waals surface area contributed by atoms with Gasteiger partial charge in [-0.25, -0.2) is 4.98 Å². The number of aliphatic hydroxyl groups is 1. The van der Waals surface area contributed by atoms with Crippen LogP contribution in [0.3, 0.4) is 0 Å². The minimum atomic E-state index is 0.268. The summed E-state index contributed by atoms with van der Waals surface area (Å²) in [6.45, 7) is 4.15. The van der Waals surface area contributed by atoms with Gasteiger partial charge in [0.2, 0.25) is 0 Å². The van der Waals surface area contributed by atoms with Crippen molar-refractivity contribution < 1.29 is 5.11 Å². The van der Waals surface area contributed by atoms with E-state index in [0.29, 0.717) is 5.92 Å². The van der Waals surface area contributed by atoms with Gasteiger partial charge in [-0.2, -0.15) is 0 Å². The van der Waals surface area contributed by atoms with E-state index >= 15 is 0 Å². The van der Waals surface area contributed by atoms with Crippen LogP contribution < -0.4 is 5.32 Å². The lowest BCUT2D eigenvalue weighted by Crippen LogP contribution is -2.21. The lowest BCUT2D eigenvalue weighted by molar-refractivity contribution is 0.260. The van der Waals surface area contributed by atoms with Crippen LogP contribution in [0, 0.1) is 5.92 Å². The standard InChI is InChI=1S/C13H18N2OS/c1-10(6-7-16)8-14-9-13-15-11-4-2-3-5-12(11)17-13/h2-5,10,14,16H,6-9H2,1H3. The lowest BCUT2D eigenvalue weighted by atomic mass is 10.1. The van der Waals surface area contributed by atoms with Gasteiger partial charge in [0.25, 0.3) is 0 Å². The molecule has 1 aromatic heterocycles. The number of para-hydroxylation sites is 1. The summed E-state index contributed by atoms with van der Waals surface area (Å²) in [6.07, 6.45) is 0.854. The molecule has 0 saturated heterocycles. The van der Waals surface area contributed by atoms with E-state index in [1.807, 2.05) is 18.2 Å². The number of nitrogens with one attached hydrogen (secondary N) is 1. The Morgan fingerprint density at radius 1 is 1.41 bits per heavy atom. The molecule has 0 radical (unpaired) electrons. The third-order valence-electron chi connectivity index (χ3n) is 2.73. The Morgan fingerprint density at radius 3 is 3.00 bits per heavy atom. The SMILES string of the molecule is CC(CCO)CNCc1nc2ccccc2s1. The summed E-state index contributed by atoms with van der Waals surface area (Å²) in [5, 5.41) is 13.3. The molecule has 1 heterocycles. The second-order valence-corrected chi connectivity index (χ2v) is 5.44. The highest BCUT2D eigenvalue weighted by Gasteiger charge is 2.04. The van der Waals surface area contributed by atoms with Crippen molar-refractivity contribution >= 4 is 21.6 Å². The van der Waals surface area contributed by atoms with Gasteiger partial charge < -0.3 is 10.4 Å². The molecule has 2 N–H and O–H groups in total. The van der Waals surface area contributed by atoms with Crippen LogP contribution in [-0.4, -0.2) is 23.2 Å². The molecule has 17 heavy (non-hydrogen) atoms. The predicted octanol–water partition coefficient (Wildman–Crippen LogP) is 2.40. The van der Waals surface area contributed by atoms with Gasteiger partial charge in [-0.1, -0.05) is 19.1 Å². The fraction of sp³-hybridized carbons (Fsp3) is 0.462. The fourth-order valence-electron chi connectivity index (χ4n) is 1.74. The molecule has 0 amide bonds. The number of hydrogen-bond donors (Lipinski definition) is 2. The monoisotopic (exact) mass is 250 g/mol. The number of rotatable bonds is 6. The number of benzene rings is 1. The van der Waals surface area contributed by atoms with E-state index < -0.39 is 0 Å². The summed E-state index contributed by atoms with van der Waals surface area (Å²) in [6, 6.07) is 8.21. The minimum absolute atomic E-state index is 0.268. The van der Waals surface area contributed by atoms with Crippen molar-refractivity contribution in [3.63, 3.8) is 0 Å². The highest BCUT2D eigenvalue weighted by Crippen LogP contribution is 2.21. The molecule has 0 saturated carbocycles. The van der Waals surface area contributed by atoms with Gasteiger partial charge in [-0.05, 0) is 31.0 Å². The average Bonchev–Trinajstić information content (AvgIpc) is 2.71. The van der Waals surface area contributed by atoms with Gasteiger partial charge in [-0.3, -0.25) is 0 Å². The Balaban J connectivity index is 1.86. The van der Waals surface area contributed by atoms with Crippen LogP contribution in [0.25, 0.3) is 10.2 Å². The zero-order chi connectivity index (χ0) is 12.1. The highest BCUT2D eigenvalue weighted by atomic mass is 32.1. The first-order chi connectivity index (χ1) is 8.29. The maximum absolute atomic E-state index is 8.81. The average molecular weight is 250 g/mol. The first-order valence-electron chi connectivity index (χ1n) is 5.95. The Hall–Kier alpha value is -0.970. The largest absolute Gasteiger partial charge is 0.396 e. The first-order valence-corrected chi connectivity index (χ1v) is 6.77. The van der Waals surface area contributed by atoms with Crippen LogP contribution in [-0.2, 0) is 6.54 Å². The van der Waals surface area contributed by atoms with Crippen molar-refractivity contribution in [3.05, 3.63) is 29.3 Å². The maximum atomic E-state index is 8.81. The van der Waals surface area contributed by atoms with Crippen LogP contribution in [0.1, 0.15) is 18.4 Å². The molecular formula is C13H18N2OS. The normalized spacial score (nSPS) is 13.1. The van der Waals surface area contributed by atoms with Gasteiger partial charge in [0.1, 0.15) is 5.01 Å². The van der Waals surface area contributed by atoms with Gasteiger partial charge >= 0.3 is 0 Å². The molecule has 0 aliphatic rings. The molecule has 1 unspecified atom stereocenters. The Labute approximate surface area is 106 Å². The van der Waals surface area contributed by atoms with E-state index in [4.69, 9.17) is 5.11 Å². The second-order valence-electron chi connectivity index (χ2n) is 4.32. The zero-order valence-corrected chi connectivity index (χ0v) is 10.8. The van der Waals surface area contributed by atoms with E-state index in [1.54, 1.807) is 11.3 Å². The smallest absolute Gasteiger partial charge is 0.108 e. The van der Waals surface area contributed by atoms with Crippen molar-refractivity contribution in [1.82, 2.24) is 10.3 Å². The molecule has 0 aliphatic heterocycles. The van der Waals surface area contributed by atoms with Gasteiger partial charge in [-0.15, -0.1) is 11.3 Å². The number of nitrogens with zero attached hydrogens (tertiary/aromatic N) is 1. The molecule has 1 atom stereocenters. The number of fused-ring (bicyclic) bond motifs is 1. The van der Waals surface area contributed by atoms with E-state index in [-0.39, 0.29) is 6.61 Å². The summed E-state index contributed by atoms with van der Waals surface area (Å²) in [4.78, 5) is 4.56. The van der Waals surface area contributed by atoms with Crippen LogP contribution in [0.15, 0.2) is 24.3 Å². The van der Waals surface area contributed by atoms with Crippen LogP contribution in [0.2, 0.25) is 0 Å². The van der Waals surface area contributed by atoms with Gasteiger partial charge in [0.05, 0.1) is 10.2 Å². The van der Waals surface area contributed by atoms with Crippen molar-refractivity contribution in [2.24, 2.45) is 5.92 Å². The van der Waals surface area contributed by atoms with Crippen LogP contribution >= 0.6 is 11.3 Å². The van der Waals surface area contributed by atoms with Gasteiger partial charge in [0, 0.05) is 13.2 Å². The lowest BCUT2D eigenvalue weighted by Gasteiger charge is -2.09. The van der Waals surface area contributed by atoms with E-state index in [1.165, 1.54) is 4.70 Å². The summed E-state index contributed by atoms with van der Waals surface area (Å²) >= 11 is 1.74. The third-order valence-corrected chi connectivity index (χ3v) is 3.77. The Kier molecular flexibility index (Phi) is 4.48. The summed E-state index contributed by atoms with van der Waals surface area (Å²) in [5.41, 5.74) is 1.08. The molecule has 2 aromatic rings. The number of hydrogen-bond acceptors (Lipinski definition) is 4. The molecule has 0 bridgehead atoms. The molecule has 0 fully saturated rings. The Bertz CT molecular complexity index is 436. The highest BCUT2D eigenvalue weighted by molar-refractivity contribution is 7.18. The van der Waals surface area contributed by atoms with Crippen molar-refractivity contribution in [2.75, 3.05) is 13.2 Å².